The highest BCUT2D eigenvalue weighted by molar-refractivity contribution is 5.85. The first-order valence-corrected chi connectivity index (χ1v) is 10.5. The first kappa shape index (κ1) is 21.5. The van der Waals surface area contributed by atoms with E-state index in [0.717, 1.165) is 33.8 Å². The molecule has 0 fully saturated rings. The minimum absolute atomic E-state index is 0.181. The van der Waals surface area contributed by atoms with E-state index in [1.54, 1.807) is 7.11 Å². The Bertz CT molecular complexity index is 1290. The summed E-state index contributed by atoms with van der Waals surface area (Å²) >= 11 is 0. The lowest BCUT2D eigenvalue weighted by Gasteiger charge is -2.14. The molecular weight excluding hydrogens is 404 g/mol. The lowest BCUT2D eigenvalue weighted by molar-refractivity contribution is 0.214. The zero-order valence-corrected chi connectivity index (χ0v) is 18.7. The van der Waals surface area contributed by atoms with E-state index >= 15 is 0 Å². The maximum absolute atomic E-state index is 13.4. The second kappa shape index (κ2) is 9.18. The Morgan fingerprint density at radius 2 is 1.44 bits per heavy atom. The van der Waals surface area contributed by atoms with Gasteiger partial charge in [0.15, 0.2) is 5.76 Å². The summed E-state index contributed by atoms with van der Waals surface area (Å²) in [4.78, 5) is 13.4. The SMILES string of the molecule is COc1ccc(-c2oc3c(C)cc(C)cc3c(=O)c2OCCOc2ccc(C)cc2)cc1. The molecule has 0 amide bonds. The Morgan fingerprint density at radius 3 is 2.12 bits per heavy atom. The predicted molar refractivity (Wildman–Crippen MR) is 126 cm³/mol. The van der Waals surface area contributed by atoms with Crippen LogP contribution in [0.3, 0.4) is 0 Å². The van der Waals surface area contributed by atoms with Crippen molar-refractivity contribution >= 4 is 11.0 Å². The van der Waals surface area contributed by atoms with Gasteiger partial charge in [-0.3, -0.25) is 4.79 Å². The average Bonchev–Trinajstić information content (AvgIpc) is 2.79. The van der Waals surface area contributed by atoms with Crippen LogP contribution in [0.25, 0.3) is 22.3 Å². The minimum atomic E-state index is -0.195. The molecule has 0 spiro atoms. The number of hydrogen-bond donors (Lipinski definition) is 0. The zero-order chi connectivity index (χ0) is 22.7. The van der Waals surface area contributed by atoms with Crippen molar-refractivity contribution in [3.63, 3.8) is 0 Å². The summed E-state index contributed by atoms with van der Waals surface area (Å²) in [5.41, 5.74) is 4.17. The molecule has 4 rings (SSSR count). The fourth-order valence-electron chi connectivity index (χ4n) is 3.63. The molecule has 0 unspecified atom stereocenters. The van der Waals surface area contributed by atoms with E-state index in [1.807, 2.05) is 81.4 Å². The van der Waals surface area contributed by atoms with Gasteiger partial charge in [0.2, 0.25) is 11.2 Å². The van der Waals surface area contributed by atoms with E-state index in [2.05, 4.69) is 0 Å². The third-order valence-electron chi connectivity index (χ3n) is 5.25. The molecule has 5 heteroatoms. The molecule has 0 N–H and O–H groups in total. The molecule has 0 bridgehead atoms. The molecule has 0 aliphatic carbocycles. The van der Waals surface area contributed by atoms with Gasteiger partial charge in [-0.25, -0.2) is 0 Å². The fourth-order valence-corrected chi connectivity index (χ4v) is 3.63. The number of hydrogen-bond acceptors (Lipinski definition) is 5. The molecular formula is C27H26O5. The Hall–Kier alpha value is -3.73. The fraction of sp³-hybridized carbons (Fsp3) is 0.222. The van der Waals surface area contributed by atoms with E-state index in [4.69, 9.17) is 18.6 Å². The van der Waals surface area contributed by atoms with E-state index < -0.39 is 0 Å². The molecule has 0 aliphatic rings. The van der Waals surface area contributed by atoms with Crippen molar-refractivity contribution in [1.29, 1.82) is 0 Å². The Morgan fingerprint density at radius 1 is 0.781 bits per heavy atom. The highest BCUT2D eigenvalue weighted by Crippen LogP contribution is 2.33. The minimum Gasteiger partial charge on any atom is -0.497 e. The van der Waals surface area contributed by atoms with Crippen LogP contribution in [0.1, 0.15) is 16.7 Å². The summed E-state index contributed by atoms with van der Waals surface area (Å²) in [6.45, 7) is 6.43. The van der Waals surface area contributed by atoms with E-state index in [1.165, 1.54) is 0 Å². The van der Waals surface area contributed by atoms with Crippen LogP contribution in [0.5, 0.6) is 17.2 Å². The molecule has 1 aromatic heterocycles. The second-order valence-corrected chi connectivity index (χ2v) is 7.79. The van der Waals surface area contributed by atoms with Crippen molar-refractivity contribution in [2.45, 2.75) is 20.8 Å². The first-order chi connectivity index (χ1) is 15.5. The van der Waals surface area contributed by atoms with Crippen molar-refractivity contribution < 1.29 is 18.6 Å². The third kappa shape index (κ3) is 4.47. The summed E-state index contributed by atoms with van der Waals surface area (Å²) in [7, 11) is 1.61. The Balaban J connectivity index is 1.68. The monoisotopic (exact) mass is 430 g/mol. The number of ether oxygens (including phenoxy) is 3. The van der Waals surface area contributed by atoms with E-state index in [9.17, 15) is 4.79 Å². The molecule has 3 aromatic carbocycles. The number of fused-ring (bicyclic) bond motifs is 1. The summed E-state index contributed by atoms with van der Waals surface area (Å²) in [5, 5.41) is 0.509. The molecule has 0 saturated carbocycles. The van der Waals surface area contributed by atoms with Gasteiger partial charge < -0.3 is 18.6 Å². The van der Waals surface area contributed by atoms with Crippen LogP contribution >= 0.6 is 0 Å². The van der Waals surface area contributed by atoms with Gasteiger partial charge in [0.1, 0.15) is 30.3 Å². The van der Waals surface area contributed by atoms with Crippen LogP contribution in [0.15, 0.2) is 69.9 Å². The van der Waals surface area contributed by atoms with Gasteiger partial charge in [0.05, 0.1) is 12.5 Å². The van der Waals surface area contributed by atoms with Crippen LogP contribution in [0.2, 0.25) is 0 Å². The summed E-state index contributed by atoms with van der Waals surface area (Å²) in [5.74, 6) is 2.05. The average molecular weight is 431 g/mol. The molecule has 4 aromatic rings. The molecule has 5 nitrogen and oxygen atoms in total. The Kier molecular flexibility index (Phi) is 6.17. The first-order valence-electron chi connectivity index (χ1n) is 10.5. The highest BCUT2D eigenvalue weighted by Gasteiger charge is 2.19. The van der Waals surface area contributed by atoms with Gasteiger partial charge in [-0.05, 0) is 74.4 Å². The molecule has 0 saturated heterocycles. The van der Waals surface area contributed by atoms with Gasteiger partial charge in [-0.2, -0.15) is 0 Å². The molecule has 0 radical (unpaired) electrons. The maximum atomic E-state index is 13.4. The van der Waals surface area contributed by atoms with Gasteiger partial charge in [0.25, 0.3) is 0 Å². The van der Waals surface area contributed by atoms with Crippen molar-refractivity contribution in [3.8, 4) is 28.6 Å². The van der Waals surface area contributed by atoms with Crippen molar-refractivity contribution in [3.05, 3.63) is 87.6 Å². The normalized spacial score (nSPS) is 10.9. The van der Waals surface area contributed by atoms with Crippen LogP contribution in [-0.2, 0) is 0 Å². The molecule has 1 heterocycles. The lowest BCUT2D eigenvalue weighted by atomic mass is 10.1. The lowest BCUT2D eigenvalue weighted by Crippen LogP contribution is -2.15. The van der Waals surface area contributed by atoms with Gasteiger partial charge in [-0.15, -0.1) is 0 Å². The number of aryl methyl sites for hydroxylation is 3. The molecule has 0 aliphatic heterocycles. The summed E-state index contributed by atoms with van der Waals surface area (Å²) in [6, 6.07) is 19.0. The summed E-state index contributed by atoms with van der Waals surface area (Å²) < 4.78 is 23.2. The standard InChI is InChI=1S/C27H26O5/c1-17-5-9-22(10-6-17)30-13-14-31-27-24(28)23-16-18(2)15-19(3)25(23)32-26(27)20-7-11-21(29-4)12-8-20/h5-12,15-16H,13-14H2,1-4H3. The maximum Gasteiger partial charge on any atom is 0.235 e. The van der Waals surface area contributed by atoms with Crippen LogP contribution in [0, 0.1) is 20.8 Å². The van der Waals surface area contributed by atoms with Crippen LogP contribution < -0.4 is 19.6 Å². The van der Waals surface area contributed by atoms with Gasteiger partial charge >= 0.3 is 0 Å². The quantitative estimate of drug-likeness (QED) is 0.344. The zero-order valence-electron chi connectivity index (χ0n) is 18.7. The van der Waals surface area contributed by atoms with Crippen LogP contribution in [0.4, 0.5) is 0 Å². The van der Waals surface area contributed by atoms with E-state index in [0.29, 0.717) is 23.3 Å². The predicted octanol–water partition coefficient (Wildman–Crippen LogP) is 5.85. The molecule has 32 heavy (non-hydrogen) atoms. The third-order valence-corrected chi connectivity index (χ3v) is 5.25. The van der Waals surface area contributed by atoms with Gasteiger partial charge in [0, 0.05) is 5.56 Å². The topological polar surface area (TPSA) is 57.9 Å². The largest absolute Gasteiger partial charge is 0.497 e. The number of benzene rings is 3. The smallest absolute Gasteiger partial charge is 0.235 e. The Labute approximate surface area is 187 Å². The highest BCUT2D eigenvalue weighted by atomic mass is 16.5. The van der Waals surface area contributed by atoms with Crippen molar-refractivity contribution in [2.24, 2.45) is 0 Å². The molecule has 0 atom stereocenters. The number of rotatable bonds is 7. The van der Waals surface area contributed by atoms with E-state index in [-0.39, 0.29) is 17.8 Å². The van der Waals surface area contributed by atoms with Crippen molar-refractivity contribution in [1.82, 2.24) is 0 Å². The van der Waals surface area contributed by atoms with Crippen LogP contribution in [-0.4, -0.2) is 20.3 Å². The molecule has 164 valence electrons. The second-order valence-electron chi connectivity index (χ2n) is 7.79. The number of methoxy groups -OCH3 is 1. The summed E-state index contributed by atoms with van der Waals surface area (Å²) in [6.07, 6.45) is 0. The van der Waals surface area contributed by atoms with Crippen molar-refractivity contribution in [2.75, 3.05) is 20.3 Å². The van der Waals surface area contributed by atoms with Gasteiger partial charge in [-0.1, -0.05) is 23.8 Å².